The lowest BCUT2D eigenvalue weighted by Gasteiger charge is -2.31. The van der Waals surface area contributed by atoms with Gasteiger partial charge in [-0.1, -0.05) is 12.2 Å². The zero-order valence-corrected chi connectivity index (χ0v) is 18.9. The summed E-state index contributed by atoms with van der Waals surface area (Å²) in [5.74, 6) is 1.04. The molecule has 0 aromatic carbocycles. The van der Waals surface area contributed by atoms with Crippen molar-refractivity contribution >= 4 is 11.6 Å². The highest BCUT2D eigenvalue weighted by molar-refractivity contribution is 5.77. The van der Waals surface area contributed by atoms with Crippen LogP contribution in [-0.4, -0.2) is 70.2 Å². The Kier molecular flexibility index (Phi) is 6.15. The predicted octanol–water partition coefficient (Wildman–Crippen LogP) is 2.09. The van der Waals surface area contributed by atoms with Crippen molar-refractivity contribution in [1.29, 1.82) is 0 Å². The number of nitrogens with one attached hydrogen (secondary N) is 1. The van der Waals surface area contributed by atoms with E-state index in [4.69, 9.17) is 9.72 Å². The van der Waals surface area contributed by atoms with E-state index < -0.39 is 0 Å². The van der Waals surface area contributed by atoms with Crippen molar-refractivity contribution in [2.45, 2.75) is 51.0 Å². The Bertz CT molecular complexity index is 1060. The molecule has 1 aliphatic carbocycles. The molecule has 0 radical (unpaired) electrons. The van der Waals surface area contributed by atoms with Gasteiger partial charge in [-0.25, -0.2) is 9.50 Å². The highest BCUT2D eigenvalue weighted by Crippen LogP contribution is 2.28. The summed E-state index contributed by atoms with van der Waals surface area (Å²) in [6, 6.07) is 2.03. The number of H-pyrrole nitrogens is 1. The van der Waals surface area contributed by atoms with Gasteiger partial charge in [0, 0.05) is 63.9 Å². The van der Waals surface area contributed by atoms with Crippen molar-refractivity contribution in [3.05, 3.63) is 45.5 Å². The maximum atomic E-state index is 13.3. The van der Waals surface area contributed by atoms with Crippen LogP contribution in [0.15, 0.2) is 23.0 Å². The Balaban J connectivity index is 1.30. The van der Waals surface area contributed by atoms with Crippen LogP contribution in [0.4, 0.5) is 0 Å². The van der Waals surface area contributed by atoms with Crippen molar-refractivity contribution in [2.24, 2.45) is 5.92 Å². The predicted molar refractivity (Wildman–Crippen MR) is 122 cm³/mol. The molecule has 1 saturated heterocycles. The zero-order chi connectivity index (χ0) is 22.1. The van der Waals surface area contributed by atoms with E-state index in [-0.39, 0.29) is 18.1 Å². The lowest BCUT2D eigenvalue weighted by Crippen LogP contribution is -2.40. The van der Waals surface area contributed by atoms with Crippen LogP contribution >= 0.6 is 0 Å². The standard InChI is InChI=1S/C24H33N5O3/c1-32-16-23(30)28-11-7-18(8-12-28)21-13-22-25-20-9-10-27(14-17-5-3-2-4-6-17)15-19(20)24(31)29(22)26-21/h2-3,13,17-18,26H,4-12,14-16H2,1H3. The molecular weight excluding hydrogens is 406 g/mol. The third-order valence-corrected chi connectivity index (χ3v) is 7.31. The van der Waals surface area contributed by atoms with Crippen LogP contribution in [0.2, 0.25) is 0 Å². The Morgan fingerprint density at radius 2 is 2.06 bits per heavy atom. The molecule has 0 spiro atoms. The van der Waals surface area contributed by atoms with Gasteiger partial charge in [-0.2, -0.15) is 0 Å². The summed E-state index contributed by atoms with van der Waals surface area (Å²) >= 11 is 0. The zero-order valence-electron chi connectivity index (χ0n) is 18.9. The first-order valence-electron chi connectivity index (χ1n) is 11.9. The highest BCUT2D eigenvalue weighted by Gasteiger charge is 2.27. The molecule has 5 rings (SSSR count). The summed E-state index contributed by atoms with van der Waals surface area (Å²) in [6.45, 7) is 4.29. The fraction of sp³-hybridized carbons (Fsp3) is 0.625. The molecular formula is C24H33N5O3. The number of methoxy groups -OCH3 is 1. The number of hydrogen-bond acceptors (Lipinski definition) is 5. The summed E-state index contributed by atoms with van der Waals surface area (Å²) in [4.78, 5) is 34.5. The number of aromatic amines is 1. The molecule has 4 heterocycles. The third kappa shape index (κ3) is 4.26. The molecule has 1 unspecified atom stereocenters. The topological polar surface area (TPSA) is 82.9 Å². The van der Waals surface area contributed by atoms with Crippen LogP contribution in [0.25, 0.3) is 5.65 Å². The molecule has 1 atom stereocenters. The van der Waals surface area contributed by atoms with Gasteiger partial charge in [0.2, 0.25) is 5.91 Å². The van der Waals surface area contributed by atoms with Crippen LogP contribution in [0.5, 0.6) is 0 Å². The van der Waals surface area contributed by atoms with Crippen molar-refractivity contribution < 1.29 is 9.53 Å². The number of rotatable bonds is 5. The summed E-state index contributed by atoms with van der Waals surface area (Å²) in [7, 11) is 1.55. The SMILES string of the molecule is COCC(=O)N1CCC(c2cc3nc4c(c(=O)n3[nH]2)CN(CC2CC=CCC2)CC4)CC1. The van der Waals surface area contributed by atoms with Gasteiger partial charge in [0.25, 0.3) is 5.56 Å². The van der Waals surface area contributed by atoms with Crippen LogP contribution in [0.1, 0.15) is 55.0 Å². The number of amides is 1. The van der Waals surface area contributed by atoms with Crippen LogP contribution < -0.4 is 5.56 Å². The van der Waals surface area contributed by atoms with E-state index in [9.17, 15) is 9.59 Å². The molecule has 8 heteroatoms. The van der Waals surface area contributed by atoms with Crippen LogP contribution in [0.3, 0.4) is 0 Å². The summed E-state index contributed by atoms with van der Waals surface area (Å²) in [6.07, 6.45) is 10.7. The largest absolute Gasteiger partial charge is 0.375 e. The molecule has 0 bridgehead atoms. The number of carbonyl (C=O) groups is 1. The maximum absolute atomic E-state index is 13.3. The quantitative estimate of drug-likeness (QED) is 0.722. The molecule has 32 heavy (non-hydrogen) atoms. The minimum Gasteiger partial charge on any atom is -0.375 e. The molecule has 2 aromatic rings. The van der Waals surface area contributed by atoms with Gasteiger partial charge in [-0.3, -0.25) is 19.6 Å². The number of piperidine rings is 1. The molecule has 1 fully saturated rings. The van der Waals surface area contributed by atoms with Crippen molar-refractivity contribution in [3.63, 3.8) is 0 Å². The van der Waals surface area contributed by atoms with E-state index in [0.717, 1.165) is 55.7 Å². The number of ether oxygens (including phenoxy) is 1. The monoisotopic (exact) mass is 439 g/mol. The smallest absolute Gasteiger partial charge is 0.277 e. The van der Waals surface area contributed by atoms with Gasteiger partial charge < -0.3 is 9.64 Å². The van der Waals surface area contributed by atoms with Gasteiger partial charge in [0.1, 0.15) is 6.61 Å². The van der Waals surface area contributed by atoms with E-state index >= 15 is 0 Å². The number of likely N-dealkylation sites (tertiary alicyclic amines) is 1. The summed E-state index contributed by atoms with van der Waals surface area (Å²) < 4.78 is 6.60. The second-order valence-electron chi connectivity index (χ2n) is 9.47. The molecule has 8 nitrogen and oxygen atoms in total. The van der Waals surface area contributed by atoms with Gasteiger partial charge in [0.15, 0.2) is 5.65 Å². The third-order valence-electron chi connectivity index (χ3n) is 7.31. The van der Waals surface area contributed by atoms with E-state index in [0.29, 0.717) is 37.1 Å². The van der Waals surface area contributed by atoms with Crippen molar-refractivity contribution in [2.75, 3.05) is 39.9 Å². The Hall–Kier alpha value is -2.45. The highest BCUT2D eigenvalue weighted by atomic mass is 16.5. The van der Waals surface area contributed by atoms with Crippen molar-refractivity contribution in [3.8, 4) is 0 Å². The van der Waals surface area contributed by atoms with Gasteiger partial charge in [0.05, 0.1) is 11.3 Å². The van der Waals surface area contributed by atoms with E-state index in [2.05, 4.69) is 22.2 Å². The van der Waals surface area contributed by atoms with Gasteiger partial charge >= 0.3 is 0 Å². The minimum absolute atomic E-state index is 0.0391. The number of nitrogens with zero attached hydrogens (tertiary/aromatic N) is 4. The number of aromatic nitrogens is 3. The van der Waals surface area contributed by atoms with Crippen molar-refractivity contribution in [1.82, 2.24) is 24.4 Å². The second-order valence-corrected chi connectivity index (χ2v) is 9.47. The first-order valence-corrected chi connectivity index (χ1v) is 11.9. The average Bonchev–Trinajstić information content (AvgIpc) is 3.25. The number of fused-ring (bicyclic) bond motifs is 2. The first kappa shape index (κ1) is 21.4. The molecule has 2 aromatic heterocycles. The maximum Gasteiger partial charge on any atom is 0.277 e. The Morgan fingerprint density at radius 1 is 1.22 bits per heavy atom. The molecule has 1 amide bonds. The Morgan fingerprint density at radius 3 is 2.81 bits per heavy atom. The second kappa shape index (κ2) is 9.19. The number of allylic oxidation sites excluding steroid dienone is 2. The summed E-state index contributed by atoms with van der Waals surface area (Å²) in [5, 5.41) is 3.34. The molecule has 172 valence electrons. The molecule has 2 aliphatic heterocycles. The van der Waals surface area contributed by atoms with E-state index in [1.54, 1.807) is 11.6 Å². The fourth-order valence-corrected chi connectivity index (χ4v) is 5.46. The number of carbonyl (C=O) groups excluding carboxylic acids is 1. The average molecular weight is 440 g/mol. The van der Waals surface area contributed by atoms with E-state index in [1.807, 2.05) is 11.0 Å². The van der Waals surface area contributed by atoms with Gasteiger partial charge in [-0.15, -0.1) is 0 Å². The number of hydrogen-bond donors (Lipinski definition) is 1. The normalized spacial score (nSPS) is 22.4. The molecule has 1 N–H and O–H groups in total. The van der Waals surface area contributed by atoms with Crippen LogP contribution in [0, 0.1) is 5.92 Å². The first-order chi connectivity index (χ1) is 15.6. The molecule has 0 saturated carbocycles. The lowest BCUT2D eigenvalue weighted by atomic mass is 9.93. The molecule has 3 aliphatic rings. The summed E-state index contributed by atoms with van der Waals surface area (Å²) in [5.41, 5.74) is 3.60. The van der Waals surface area contributed by atoms with Crippen LogP contribution in [-0.2, 0) is 22.5 Å². The van der Waals surface area contributed by atoms with E-state index in [1.165, 1.54) is 12.8 Å². The Labute approximate surface area is 188 Å². The van der Waals surface area contributed by atoms with Gasteiger partial charge in [-0.05, 0) is 38.0 Å². The minimum atomic E-state index is 0.0391. The fourth-order valence-electron chi connectivity index (χ4n) is 5.46. The lowest BCUT2D eigenvalue weighted by molar-refractivity contribution is -0.136.